The van der Waals surface area contributed by atoms with E-state index in [9.17, 15) is 28.8 Å². The van der Waals surface area contributed by atoms with Gasteiger partial charge in [0.25, 0.3) is 5.91 Å². The van der Waals surface area contributed by atoms with Gasteiger partial charge in [0, 0.05) is 73.1 Å². The number of esters is 2. The van der Waals surface area contributed by atoms with Gasteiger partial charge in [-0.25, -0.2) is 14.2 Å². The van der Waals surface area contributed by atoms with Gasteiger partial charge in [-0.1, -0.05) is 46.1 Å². The van der Waals surface area contributed by atoms with Crippen LogP contribution in [0.25, 0.3) is 6.08 Å². The molecule has 0 radical (unpaired) electrons. The summed E-state index contributed by atoms with van der Waals surface area (Å²) in [7, 11) is 1.24. The van der Waals surface area contributed by atoms with Gasteiger partial charge in [0.15, 0.2) is 30.8 Å². The zero-order chi connectivity index (χ0) is 48.7. The molecule has 0 saturated carbocycles. The number of carbonyl (C=O) groups excluding carboxylic acids is 6. The van der Waals surface area contributed by atoms with Crippen LogP contribution in [-0.2, 0) is 44.7 Å². The maximum absolute atomic E-state index is 13.3. The van der Waals surface area contributed by atoms with Gasteiger partial charge in [0.1, 0.15) is 17.5 Å². The Balaban J connectivity index is 1.08. The van der Waals surface area contributed by atoms with E-state index in [0.29, 0.717) is 67.5 Å². The van der Waals surface area contributed by atoms with Crippen molar-refractivity contribution in [1.29, 1.82) is 0 Å². The summed E-state index contributed by atoms with van der Waals surface area (Å²) in [5, 5.41) is 5.68. The number of benzene rings is 2. The molecule has 0 bridgehead atoms. The van der Waals surface area contributed by atoms with Crippen LogP contribution in [0.5, 0.6) is 5.75 Å². The largest absolute Gasteiger partial charge is 0.467 e. The summed E-state index contributed by atoms with van der Waals surface area (Å²) >= 11 is 0. The van der Waals surface area contributed by atoms with Crippen LogP contribution in [-0.4, -0.2) is 84.8 Å². The fourth-order valence-electron chi connectivity index (χ4n) is 8.30. The Labute approximate surface area is 394 Å². The molecule has 2 N–H and O–H groups in total. The Morgan fingerprint density at radius 2 is 1.67 bits per heavy atom. The molecule has 2 aliphatic heterocycles. The van der Waals surface area contributed by atoms with E-state index >= 15 is 0 Å². The highest BCUT2D eigenvalue weighted by molar-refractivity contribution is 5.96. The lowest BCUT2D eigenvalue weighted by molar-refractivity contribution is -0.688. The first kappa shape index (κ1) is 51.9. The second kappa shape index (κ2) is 24.6. The van der Waals surface area contributed by atoms with Crippen LogP contribution in [0.3, 0.4) is 0 Å². The third kappa shape index (κ3) is 16.0. The van der Waals surface area contributed by atoms with Crippen molar-refractivity contribution >= 4 is 53.1 Å². The minimum atomic E-state index is -1.20. The second-order valence-electron chi connectivity index (χ2n) is 18.6. The average Bonchev–Trinajstić information content (AvgIpc) is 3.28. The van der Waals surface area contributed by atoms with Crippen molar-refractivity contribution in [2.75, 3.05) is 30.8 Å². The van der Waals surface area contributed by atoms with Crippen LogP contribution in [0.2, 0.25) is 0 Å². The molecule has 362 valence electrons. The maximum atomic E-state index is 13.3. The molecule has 15 heteroatoms. The summed E-state index contributed by atoms with van der Waals surface area (Å²) in [4.78, 5) is 77.6. The molecule has 0 unspecified atom stereocenters. The van der Waals surface area contributed by atoms with Crippen LogP contribution < -0.4 is 19.9 Å². The van der Waals surface area contributed by atoms with Gasteiger partial charge >= 0.3 is 18.0 Å². The Morgan fingerprint density at radius 1 is 0.910 bits per heavy atom. The van der Waals surface area contributed by atoms with Gasteiger partial charge < -0.3 is 33.9 Å². The van der Waals surface area contributed by atoms with Crippen LogP contribution in [0.15, 0.2) is 73.1 Å². The van der Waals surface area contributed by atoms with Crippen LogP contribution in [0.4, 0.5) is 16.2 Å². The highest BCUT2D eigenvalue weighted by Crippen LogP contribution is 2.37. The Hall–Kier alpha value is -6.09. The number of aromatic nitrogens is 1. The monoisotopic (exact) mass is 925 g/mol. The third-order valence-electron chi connectivity index (χ3n) is 12.0. The Bertz CT molecular complexity index is 2230. The van der Waals surface area contributed by atoms with E-state index in [4.69, 9.17) is 23.7 Å². The van der Waals surface area contributed by atoms with E-state index in [2.05, 4.69) is 10.6 Å². The van der Waals surface area contributed by atoms with Crippen LogP contribution in [0, 0.1) is 17.8 Å². The molecule has 2 saturated heterocycles. The highest BCUT2D eigenvalue weighted by Gasteiger charge is 2.48. The van der Waals surface area contributed by atoms with Crippen molar-refractivity contribution in [2.45, 2.75) is 137 Å². The van der Waals surface area contributed by atoms with Gasteiger partial charge in [0.05, 0.1) is 12.8 Å². The van der Waals surface area contributed by atoms with E-state index in [1.165, 1.54) is 14.0 Å². The van der Waals surface area contributed by atoms with E-state index in [1.807, 2.05) is 73.0 Å². The topological polar surface area (TPSA) is 180 Å². The molecule has 67 heavy (non-hydrogen) atoms. The highest BCUT2D eigenvalue weighted by atomic mass is 16.7. The Morgan fingerprint density at radius 3 is 2.37 bits per heavy atom. The lowest BCUT2D eigenvalue weighted by Crippen LogP contribution is -2.55. The minimum absolute atomic E-state index is 0.0449. The maximum Gasteiger partial charge on any atom is 0.412 e. The number of likely N-dealkylation sites (tertiary alicyclic amines) is 1. The summed E-state index contributed by atoms with van der Waals surface area (Å²) in [6, 6.07) is 16.3. The van der Waals surface area contributed by atoms with Crippen molar-refractivity contribution < 1.29 is 57.0 Å². The SMILES string of the molecule is CCCC(=O)Nc1cc(C[n+]2cccc(/C=C/C(=O)CCCCCC3CCN(C(=O)c4cccc(NC(=O)OC(C)(C)C)c4)CC3)c2)ccc1O[C@@H]1O[C@H](C(=O)OC)[C@@H](OC(C)=O)[C@H](C)[C@H]1C. The minimum Gasteiger partial charge on any atom is -0.467 e. The van der Waals surface area contributed by atoms with Crippen molar-refractivity contribution in [3.05, 3.63) is 89.8 Å². The van der Waals surface area contributed by atoms with Crippen LogP contribution >= 0.6 is 0 Å². The van der Waals surface area contributed by atoms with Gasteiger partial charge in [-0.15, -0.1) is 0 Å². The number of anilines is 2. The van der Waals surface area contributed by atoms with Gasteiger partial charge in [-0.05, 0) is 107 Å². The van der Waals surface area contributed by atoms with E-state index < -0.39 is 42.1 Å². The number of hydrogen-bond acceptors (Lipinski definition) is 11. The number of allylic oxidation sites excluding steroid dienone is 1. The predicted molar refractivity (Wildman–Crippen MR) is 253 cm³/mol. The van der Waals surface area contributed by atoms with Gasteiger partial charge in [-0.3, -0.25) is 24.5 Å². The molecule has 3 heterocycles. The predicted octanol–water partition coefficient (Wildman–Crippen LogP) is 8.67. The average molecular weight is 926 g/mol. The number of piperidine rings is 1. The fourth-order valence-corrected chi connectivity index (χ4v) is 8.30. The van der Waals surface area contributed by atoms with E-state index in [0.717, 1.165) is 49.7 Å². The third-order valence-corrected chi connectivity index (χ3v) is 12.0. The van der Waals surface area contributed by atoms with Crippen LogP contribution in [0.1, 0.15) is 128 Å². The zero-order valence-electron chi connectivity index (χ0n) is 40.3. The molecule has 0 aliphatic carbocycles. The Kier molecular flexibility index (Phi) is 19.1. The molecule has 2 aliphatic rings. The number of ether oxygens (including phenoxy) is 5. The molecule has 15 nitrogen and oxygen atoms in total. The first-order chi connectivity index (χ1) is 31.9. The molecule has 3 amide bonds. The number of pyridine rings is 1. The molecule has 1 aromatic heterocycles. The number of methoxy groups -OCH3 is 1. The molecular weight excluding hydrogens is 857 g/mol. The number of carbonyl (C=O) groups is 6. The van der Waals surface area contributed by atoms with Gasteiger partial charge in [0.2, 0.25) is 12.2 Å². The van der Waals surface area contributed by atoms with Crippen molar-refractivity contribution in [3.8, 4) is 5.75 Å². The number of unbranched alkanes of at least 4 members (excludes halogenated alkanes) is 2. The molecule has 2 aromatic carbocycles. The molecule has 5 atom stereocenters. The summed E-state index contributed by atoms with van der Waals surface area (Å²) < 4.78 is 30.2. The fraction of sp³-hybridized carbons (Fsp3) is 0.519. The number of amides is 3. The first-order valence-corrected chi connectivity index (χ1v) is 23.5. The number of rotatable bonds is 19. The molecule has 2 fully saturated rings. The first-order valence-electron chi connectivity index (χ1n) is 23.5. The normalized spacial score (nSPS) is 19.9. The lowest BCUT2D eigenvalue weighted by Gasteiger charge is -2.42. The number of ketones is 1. The van der Waals surface area contributed by atoms with E-state index in [-0.39, 0.29) is 29.4 Å². The van der Waals surface area contributed by atoms with Crippen molar-refractivity contribution in [1.82, 2.24) is 4.90 Å². The molecule has 3 aromatic rings. The summed E-state index contributed by atoms with van der Waals surface area (Å²) in [6.45, 7) is 14.2. The zero-order valence-corrected chi connectivity index (χ0v) is 40.3. The van der Waals surface area contributed by atoms with Crippen molar-refractivity contribution in [3.63, 3.8) is 0 Å². The quantitative estimate of drug-likeness (QED) is 0.0386. The van der Waals surface area contributed by atoms with E-state index in [1.54, 1.807) is 57.2 Å². The summed E-state index contributed by atoms with van der Waals surface area (Å²) in [6.07, 6.45) is 11.0. The smallest absolute Gasteiger partial charge is 0.412 e. The number of nitrogens with one attached hydrogen (secondary N) is 2. The number of hydrogen-bond donors (Lipinski definition) is 2. The summed E-state index contributed by atoms with van der Waals surface area (Å²) in [5.41, 5.74) is 2.62. The number of nitrogens with zero attached hydrogens (tertiary/aromatic N) is 2. The molecular formula is C52H69N4O11+. The van der Waals surface area contributed by atoms with Crippen molar-refractivity contribution in [2.24, 2.45) is 17.8 Å². The second-order valence-corrected chi connectivity index (χ2v) is 18.6. The molecule has 5 rings (SSSR count). The van der Waals surface area contributed by atoms with Gasteiger partial charge in [-0.2, -0.15) is 0 Å². The molecule has 0 spiro atoms. The summed E-state index contributed by atoms with van der Waals surface area (Å²) in [5.74, 6) is -1.10. The standard InChI is InChI=1S/C52H68N4O11/c1-9-15-45(59)54-43-30-39(22-24-44(43)65-50-35(3)34(2)46(64-36(4)57)47(66-50)49(61)63-8)33-55-27-14-17-38(32-55)21-23-42(58)20-12-10-11-16-37-25-28-56(29-26-37)48(60)40-18-13-19-41(31-40)53-51(62)67-52(5,6)7/h13-14,17-19,21-24,27,30-32,34-35,37,46-47,50H,9-12,15-16,20,25-26,28-29,33H2,1-8H3,(H-,53,54,59,62)/p+1/b23-21+/t34-,35-,46+,47+,50-/m1/s1. The lowest BCUT2D eigenvalue weighted by atomic mass is 9.84.